The van der Waals surface area contributed by atoms with Crippen molar-refractivity contribution in [3.63, 3.8) is 0 Å². The molecule has 4 nitrogen and oxygen atoms in total. The average molecular weight is 343 g/mol. The molecule has 0 bridgehead atoms. The number of halogens is 2. The van der Waals surface area contributed by atoms with Gasteiger partial charge in [0.25, 0.3) is 0 Å². The maximum absolute atomic E-state index is 6.03. The van der Waals surface area contributed by atoms with Crippen LogP contribution in [0.3, 0.4) is 0 Å². The van der Waals surface area contributed by atoms with Crippen LogP contribution >= 0.6 is 27.5 Å². The van der Waals surface area contributed by atoms with Crippen LogP contribution in [-0.4, -0.2) is 16.9 Å². The van der Waals surface area contributed by atoms with Crippen molar-refractivity contribution in [1.82, 2.24) is 9.78 Å². The molecule has 0 aliphatic rings. The van der Waals surface area contributed by atoms with E-state index in [-0.39, 0.29) is 0 Å². The lowest BCUT2D eigenvalue weighted by Gasteiger charge is -2.12. The highest BCUT2D eigenvalue weighted by atomic mass is 79.9. The maximum Gasteiger partial charge on any atom is 0.156 e. The molecule has 2 aromatic rings. The van der Waals surface area contributed by atoms with Crippen molar-refractivity contribution in [3.8, 4) is 5.75 Å². The van der Waals surface area contributed by atoms with Gasteiger partial charge in [-0.15, -0.1) is 0 Å². The molecule has 0 fully saturated rings. The lowest BCUT2D eigenvalue weighted by Crippen LogP contribution is -2.01. The molecule has 0 amide bonds. The molecule has 2 rings (SSSR count). The van der Waals surface area contributed by atoms with Crippen molar-refractivity contribution in [2.24, 2.45) is 0 Å². The van der Waals surface area contributed by atoms with Crippen molar-refractivity contribution in [2.45, 2.75) is 6.54 Å². The second-order valence-corrected chi connectivity index (χ2v) is 5.12. The minimum atomic E-state index is 0.622. The molecule has 0 aliphatic heterocycles. The Balaban J connectivity index is 2.16. The number of benzene rings is 1. The van der Waals surface area contributed by atoms with Crippen LogP contribution in [-0.2, 0) is 6.54 Å². The number of hydrogen-bond acceptors (Lipinski definition) is 3. The van der Waals surface area contributed by atoms with Gasteiger partial charge in [0.2, 0.25) is 0 Å². The maximum atomic E-state index is 6.03. The Kier molecular flexibility index (Phi) is 4.50. The summed E-state index contributed by atoms with van der Waals surface area (Å²) in [5.74, 6) is 0.723. The second-order valence-electron chi connectivity index (χ2n) is 3.83. The standard InChI is InChI=1S/C13H13BrClN3O/c1-3-18-8-9(7-17-18)6-16-12-5-10(15)4-11(14)13(12)19-2/h3-5,7-8,16H,1,6H2,2H3. The minimum absolute atomic E-state index is 0.622. The number of ether oxygens (including phenoxy) is 1. The van der Waals surface area contributed by atoms with E-state index >= 15 is 0 Å². The summed E-state index contributed by atoms with van der Waals surface area (Å²) < 4.78 is 7.81. The molecule has 19 heavy (non-hydrogen) atoms. The van der Waals surface area contributed by atoms with E-state index < -0.39 is 0 Å². The zero-order chi connectivity index (χ0) is 13.8. The first kappa shape index (κ1) is 14.0. The monoisotopic (exact) mass is 341 g/mol. The fourth-order valence-corrected chi connectivity index (χ4v) is 2.64. The number of nitrogens with one attached hydrogen (secondary N) is 1. The van der Waals surface area contributed by atoms with E-state index in [0.29, 0.717) is 11.6 Å². The topological polar surface area (TPSA) is 39.1 Å². The van der Waals surface area contributed by atoms with E-state index in [0.717, 1.165) is 21.5 Å². The predicted molar refractivity (Wildman–Crippen MR) is 81.6 cm³/mol. The van der Waals surface area contributed by atoms with Crippen molar-refractivity contribution < 1.29 is 4.74 Å². The van der Waals surface area contributed by atoms with Crippen LogP contribution in [0.5, 0.6) is 5.75 Å². The normalized spacial score (nSPS) is 10.3. The molecule has 0 saturated heterocycles. The molecule has 1 aromatic heterocycles. The van der Waals surface area contributed by atoms with E-state index in [4.69, 9.17) is 16.3 Å². The molecule has 1 N–H and O–H groups in total. The van der Waals surface area contributed by atoms with Crippen LogP contribution in [0.25, 0.3) is 6.20 Å². The van der Waals surface area contributed by atoms with Gasteiger partial charge in [-0.1, -0.05) is 18.2 Å². The number of nitrogens with zero attached hydrogens (tertiary/aromatic N) is 2. The molecule has 0 unspecified atom stereocenters. The van der Waals surface area contributed by atoms with E-state index in [1.54, 1.807) is 30.3 Å². The van der Waals surface area contributed by atoms with Crippen LogP contribution in [0.1, 0.15) is 5.56 Å². The van der Waals surface area contributed by atoms with E-state index in [1.165, 1.54) is 0 Å². The molecule has 0 atom stereocenters. The van der Waals surface area contributed by atoms with E-state index in [2.05, 4.69) is 32.9 Å². The van der Waals surface area contributed by atoms with Gasteiger partial charge in [-0.05, 0) is 28.1 Å². The van der Waals surface area contributed by atoms with Crippen LogP contribution in [0.4, 0.5) is 5.69 Å². The van der Waals surface area contributed by atoms with Gasteiger partial charge >= 0.3 is 0 Å². The average Bonchev–Trinajstić information content (AvgIpc) is 2.83. The summed E-state index contributed by atoms with van der Waals surface area (Å²) in [6.07, 6.45) is 5.31. The molecule has 0 radical (unpaired) electrons. The van der Waals surface area contributed by atoms with Crippen molar-refractivity contribution in [1.29, 1.82) is 0 Å². The molecular weight excluding hydrogens is 330 g/mol. The first-order valence-corrected chi connectivity index (χ1v) is 6.73. The van der Waals surface area contributed by atoms with E-state index in [9.17, 15) is 0 Å². The fraction of sp³-hybridized carbons (Fsp3) is 0.154. The molecule has 1 heterocycles. The number of anilines is 1. The van der Waals surface area contributed by atoms with Crippen LogP contribution < -0.4 is 10.1 Å². The van der Waals surface area contributed by atoms with Gasteiger partial charge in [0, 0.05) is 29.5 Å². The first-order chi connectivity index (χ1) is 9.13. The molecule has 0 spiro atoms. The summed E-state index contributed by atoms with van der Waals surface area (Å²) in [6.45, 7) is 4.27. The third kappa shape index (κ3) is 3.30. The number of aromatic nitrogens is 2. The van der Waals surface area contributed by atoms with Gasteiger partial charge in [-0.3, -0.25) is 0 Å². The van der Waals surface area contributed by atoms with Gasteiger partial charge in [0.15, 0.2) is 5.75 Å². The van der Waals surface area contributed by atoms with Gasteiger partial charge in [-0.25, -0.2) is 4.68 Å². The summed E-state index contributed by atoms with van der Waals surface area (Å²) in [7, 11) is 1.62. The third-order valence-electron chi connectivity index (χ3n) is 2.54. The van der Waals surface area contributed by atoms with Crippen LogP contribution in [0, 0.1) is 0 Å². The largest absolute Gasteiger partial charge is 0.493 e. The van der Waals surface area contributed by atoms with Crippen molar-refractivity contribution >= 4 is 39.4 Å². The van der Waals surface area contributed by atoms with Crippen LogP contribution in [0.2, 0.25) is 5.02 Å². The zero-order valence-electron chi connectivity index (χ0n) is 10.4. The Morgan fingerprint density at radius 3 is 3.00 bits per heavy atom. The zero-order valence-corrected chi connectivity index (χ0v) is 12.7. The summed E-state index contributed by atoms with van der Waals surface area (Å²) in [4.78, 5) is 0. The highest BCUT2D eigenvalue weighted by Gasteiger charge is 2.09. The third-order valence-corrected chi connectivity index (χ3v) is 3.34. The van der Waals surface area contributed by atoms with Gasteiger partial charge in [0.1, 0.15) is 0 Å². The quantitative estimate of drug-likeness (QED) is 0.892. The van der Waals surface area contributed by atoms with Crippen LogP contribution in [0.15, 0.2) is 35.6 Å². The van der Waals surface area contributed by atoms with Gasteiger partial charge < -0.3 is 10.1 Å². The Hall–Kier alpha value is -1.46. The SMILES string of the molecule is C=Cn1cc(CNc2cc(Cl)cc(Br)c2OC)cn1. The number of methoxy groups -OCH3 is 1. The fourth-order valence-electron chi connectivity index (χ4n) is 1.66. The van der Waals surface area contributed by atoms with Crippen molar-refractivity contribution in [2.75, 3.05) is 12.4 Å². The molecule has 100 valence electrons. The lowest BCUT2D eigenvalue weighted by molar-refractivity contribution is 0.414. The molecule has 1 aromatic carbocycles. The summed E-state index contributed by atoms with van der Waals surface area (Å²) in [5, 5.41) is 8.03. The summed E-state index contributed by atoms with van der Waals surface area (Å²) >= 11 is 9.45. The summed E-state index contributed by atoms with van der Waals surface area (Å²) in [5.41, 5.74) is 1.87. The van der Waals surface area contributed by atoms with Gasteiger partial charge in [-0.2, -0.15) is 5.10 Å². The Labute approximate surface area is 125 Å². The Morgan fingerprint density at radius 1 is 1.58 bits per heavy atom. The Morgan fingerprint density at radius 2 is 2.37 bits per heavy atom. The molecule has 0 saturated carbocycles. The Bertz CT molecular complexity index is 598. The number of hydrogen-bond donors (Lipinski definition) is 1. The predicted octanol–water partition coefficient (Wildman–Crippen LogP) is 4.02. The molecular formula is C13H13BrClN3O. The second kappa shape index (κ2) is 6.12. The van der Waals surface area contributed by atoms with Crippen molar-refractivity contribution in [3.05, 3.63) is 46.2 Å². The molecule has 0 aliphatic carbocycles. The van der Waals surface area contributed by atoms with E-state index in [1.807, 2.05) is 12.3 Å². The highest BCUT2D eigenvalue weighted by Crippen LogP contribution is 2.36. The van der Waals surface area contributed by atoms with Gasteiger partial charge in [0.05, 0.1) is 23.5 Å². The highest BCUT2D eigenvalue weighted by molar-refractivity contribution is 9.10. The minimum Gasteiger partial charge on any atom is -0.493 e. The number of rotatable bonds is 5. The molecule has 6 heteroatoms. The first-order valence-electron chi connectivity index (χ1n) is 5.56. The smallest absolute Gasteiger partial charge is 0.156 e. The lowest BCUT2D eigenvalue weighted by atomic mass is 10.2. The summed E-state index contributed by atoms with van der Waals surface area (Å²) in [6, 6.07) is 3.62.